The first kappa shape index (κ1) is 16.5. The Labute approximate surface area is 135 Å². The van der Waals surface area contributed by atoms with E-state index in [4.69, 9.17) is 5.73 Å². The van der Waals surface area contributed by atoms with Crippen LogP contribution in [0.15, 0.2) is 15.9 Å². The molecule has 20 heavy (non-hydrogen) atoms. The van der Waals surface area contributed by atoms with Gasteiger partial charge in [0.15, 0.2) is 0 Å². The van der Waals surface area contributed by atoms with Crippen molar-refractivity contribution in [2.75, 3.05) is 13.6 Å². The third-order valence-electron chi connectivity index (χ3n) is 4.51. The standard InChI is InChI=1S/C16H27BrN2S/c1-3-13(18)16(14-9-10-15(17)20-14)19(2)11-12-7-5-4-6-8-12/h9-10,12-13,16H,3-8,11,18H2,1-2H3. The highest BCUT2D eigenvalue weighted by molar-refractivity contribution is 9.11. The van der Waals surface area contributed by atoms with Crippen LogP contribution in [0, 0.1) is 5.92 Å². The number of rotatable bonds is 6. The Morgan fingerprint density at radius 3 is 2.60 bits per heavy atom. The zero-order chi connectivity index (χ0) is 14.5. The number of thiophene rings is 1. The molecule has 2 rings (SSSR count). The highest BCUT2D eigenvalue weighted by Crippen LogP contribution is 2.34. The number of nitrogens with zero attached hydrogens (tertiary/aromatic N) is 1. The molecule has 114 valence electrons. The normalized spacial score (nSPS) is 20.2. The number of hydrogen-bond acceptors (Lipinski definition) is 3. The van der Waals surface area contributed by atoms with Crippen LogP contribution in [0.5, 0.6) is 0 Å². The molecule has 1 aromatic rings. The van der Waals surface area contributed by atoms with E-state index in [1.54, 1.807) is 0 Å². The minimum Gasteiger partial charge on any atom is -0.326 e. The second-order valence-electron chi connectivity index (χ2n) is 6.10. The fourth-order valence-electron chi connectivity index (χ4n) is 3.36. The number of halogens is 1. The molecule has 1 heterocycles. The van der Waals surface area contributed by atoms with E-state index in [1.807, 2.05) is 11.3 Å². The van der Waals surface area contributed by atoms with Crippen molar-refractivity contribution in [2.24, 2.45) is 11.7 Å². The van der Waals surface area contributed by atoms with Crippen molar-refractivity contribution in [3.63, 3.8) is 0 Å². The van der Waals surface area contributed by atoms with E-state index in [9.17, 15) is 0 Å². The van der Waals surface area contributed by atoms with Gasteiger partial charge in [0.2, 0.25) is 0 Å². The smallest absolute Gasteiger partial charge is 0.0702 e. The lowest BCUT2D eigenvalue weighted by Gasteiger charge is -2.35. The summed E-state index contributed by atoms with van der Waals surface area (Å²) in [6.45, 7) is 3.38. The summed E-state index contributed by atoms with van der Waals surface area (Å²) in [5.74, 6) is 0.865. The average molecular weight is 359 g/mol. The number of hydrogen-bond donors (Lipinski definition) is 1. The summed E-state index contributed by atoms with van der Waals surface area (Å²) in [7, 11) is 2.25. The van der Waals surface area contributed by atoms with Crippen LogP contribution in [0.1, 0.15) is 56.4 Å². The van der Waals surface area contributed by atoms with Gasteiger partial charge in [-0.05, 0) is 60.3 Å². The van der Waals surface area contributed by atoms with Crippen LogP contribution in [-0.2, 0) is 0 Å². The van der Waals surface area contributed by atoms with Crippen LogP contribution >= 0.6 is 27.3 Å². The molecule has 1 fully saturated rings. The van der Waals surface area contributed by atoms with Gasteiger partial charge in [-0.2, -0.15) is 0 Å². The Bertz CT molecular complexity index is 401. The largest absolute Gasteiger partial charge is 0.326 e. The van der Waals surface area contributed by atoms with Gasteiger partial charge >= 0.3 is 0 Å². The van der Waals surface area contributed by atoms with E-state index in [1.165, 1.54) is 47.3 Å². The van der Waals surface area contributed by atoms with E-state index < -0.39 is 0 Å². The van der Waals surface area contributed by atoms with Gasteiger partial charge in [-0.3, -0.25) is 4.90 Å². The first-order chi connectivity index (χ1) is 9.61. The molecular formula is C16H27BrN2S. The van der Waals surface area contributed by atoms with Gasteiger partial charge in [0.1, 0.15) is 0 Å². The van der Waals surface area contributed by atoms with Gasteiger partial charge in [0.05, 0.1) is 9.83 Å². The molecule has 0 radical (unpaired) electrons. The summed E-state index contributed by atoms with van der Waals surface area (Å²) in [5.41, 5.74) is 6.41. The molecule has 1 aliphatic carbocycles. The maximum absolute atomic E-state index is 6.41. The monoisotopic (exact) mass is 358 g/mol. The van der Waals surface area contributed by atoms with Crippen molar-refractivity contribution in [3.05, 3.63) is 20.8 Å². The van der Waals surface area contributed by atoms with Crippen molar-refractivity contribution in [1.82, 2.24) is 4.90 Å². The molecule has 2 N–H and O–H groups in total. The molecule has 0 spiro atoms. The first-order valence-corrected chi connectivity index (χ1v) is 9.43. The van der Waals surface area contributed by atoms with E-state index in [0.29, 0.717) is 6.04 Å². The lowest BCUT2D eigenvalue weighted by molar-refractivity contribution is 0.163. The molecule has 4 heteroatoms. The molecule has 0 aromatic carbocycles. The number of nitrogens with two attached hydrogens (primary N) is 1. The molecule has 0 bridgehead atoms. The lowest BCUT2D eigenvalue weighted by Crippen LogP contribution is -2.40. The number of likely N-dealkylation sites (N-methyl/N-ethyl adjacent to an activating group) is 1. The Kier molecular flexibility index (Phi) is 6.53. The third-order valence-corrected chi connectivity index (χ3v) is 6.20. The van der Waals surface area contributed by atoms with Crippen LogP contribution in [0.3, 0.4) is 0 Å². The molecule has 1 aliphatic rings. The molecule has 2 unspecified atom stereocenters. The predicted octanol–water partition coefficient (Wildman–Crippen LogP) is 4.80. The highest BCUT2D eigenvalue weighted by Gasteiger charge is 2.27. The molecule has 0 amide bonds. The summed E-state index contributed by atoms with van der Waals surface area (Å²) < 4.78 is 1.20. The van der Waals surface area contributed by atoms with Crippen LogP contribution in [-0.4, -0.2) is 24.5 Å². The second kappa shape index (κ2) is 7.92. The second-order valence-corrected chi connectivity index (χ2v) is 8.60. The van der Waals surface area contributed by atoms with Crippen molar-refractivity contribution >= 4 is 27.3 Å². The van der Waals surface area contributed by atoms with Crippen molar-refractivity contribution in [2.45, 2.75) is 57.5 Å². The Hall–Kier alpha value is 0.1000. The Morgan fingerprint density at radius 2 is 2.05 bits per heavy atom. The summed E-state index contributed by atoms with van der Waals surface area (Å²) in [4.78, 5) is 3.90. The van der Waals surface area contributed by atoms with Crippen molar-refractivity contribution < 1.29 is 0 Å². The summed E-state index contributed by atoms with van der Waals surface area (Å²) in [6, 6.07) is 4.95. The molecular weight excluding hydrogens is 332 g/mol. The van der Waals surface area contributed by atoms with Crippen molar-refractivity contribution in [3.8, 4) is 0 Å². The van der Waals surface area contributed by atoms with Gasteiger partial charge < -0.3 is 5.73 Å². The highest BCUT2D eigenvalue weighted by atomic mass is 79.9. The zero-order valence-corrected chi connectivity index (χ0v) is 15.0. The van der Waals surface area contributed by atoms with Gasteiger partial charge in [0, 0.05) is 17.5 Å². The van der Waals surface area contributed by atoms with E-state index >= 15 is 0 Å². The van der Waals surface area contributed by atoms with Crippen LogP contribution in [0.4, 0.5) is 0 Å². The van der Waals surface area contributed by atoms with Gasteiger partial charge in [0.25, 0.3) is 0 Å². The molecule has 1 aromatic heterocycles. The molecule has 1 saturated carbocycles. The van der Waals surface area contributed by atoms with Gasteiger partial charge in [-0.15, -0.1) is 11.3 Å². The Morgan fingerprint density at radius 1 is 1.35 bits per heavy atom. The topological polar surface area (TPSA) is 29.3 Å². The summed E-state index contributed by atoms with van der Waals surface area (Å²) in [5, 5.41) is 0. The van der Waals surface area contributed by atoms with Crippen LogP contribution < -0.4 is 5.73 Å². The molecule has 0 aliphatic heterocycles. The minimum absolute atomic E-state index is 0.217. The minimum atomic E-state index is 0.217. The van der Waals surface area contributed by atoms with Crippen molar-refractivity contribution in [1.29, 1.82) is 0 Å². The lowest BCUT2D eigenvalue weighted by atomic mass is 9.88. The predicted molar refractivity (Wildman–Crippen MR) is 92.2 cm³/mol. The fourth-order valence-corrected chi connectivity index (χ4v) is 5.02. The summed E-state index contributed by atoms with van der Waals surface area (Å²) >= 11 is 5.40. The maximum atomic E-state index is 6.41. The SMILES string of the molecule is CCC(N)C(c1ccc(Br)s1)N(C)CC1CCCCC1. The van der Waals surface area contributed by atoms with Gasteiger partial charge in [-0.25, -0.2) is 0 Å². The maximum Gasteiger partial charge on any atom is 0.0702 e. The fraction of sp³-hybridized carbons (Fsp3) is 0.750. The third kappa shape index (κ3) is 4.30. The van der Waals surface area contributed by atoms with E-state index in [-0.39, 0.29) is 6.04 Å². The quantitative estimate of drug-likeness (QED) is 0.790. The molecule has 2 atom stereocenters. The Balaban J connectivity index is 2.05. The average Bonchev–Trinajstić information content (AvgIpc) is 2.86. The van der Waals surface area contributed by atoms with Crippen LogP contribution in [0.2, 0.25) is 0 Å². The van der Waals surface area contributed by atoms with Crippen LogP contribution in [0.25, 0.3) is 0 Å². The van der Waals surface area contributed by atoms with Gasteiger partial charge in [-0.1, -0.05) is 26.2 Å². The molecule has 0 saturated heterocycles. The molecule has 2 nitrogen and oxygen atoms in total. The zero-order valence-electron chi connectivity index (χ0n) is 12.6. The van der Waals surface area contributed by atoms with E-state index in [0.717, 1.165) is 12.3 Å². The van der Waals surface area contributed by atoms with E-state index in [2.05, 4.69) is 46.9 Å². The summed E-state index contributed by atoms with van der Waals surface area (Å²) in [6.07, 6.45) is 8.06. The first-order valence-electron chi connectivity index (χ1n) is 7.82.